The molecule has 1 atom stereocenters. The van der Waals surface area contributed by atoms with E-state index in [1.54, 1.807) is 6.07 Å². The Morgan fingerprint density at radius 2 is 1.83 bits per heavy atom. The molecule has 1 saturated heterocycles. The van der Waals surface area contributed by atoms with Crippen molar-refractivity contribution in [2.24, 2.45) is 5.92 Å². The Hall–Kier alpha value is -2.17. The summed E-state index contributed by atoms with van der Waals surface area (Å²) < 4.78 is 0. The molecule has 5 heteroatoms. The Bertz CT molecular complexity index is 675. The molecule has 1 aromatic rings. The molecule has 1 unspecified atom stereocenters. The van der Waals surface area contributed by atoms with Gasteiger partial charge in [-0.05, 0) is 30.4 Å². The van der Waals surface area contributed by atoms with Crippen LogP contribution in [0.1, 0.15) is 57.4 Å². The average molecular weight is 328 g/mol. The van der Waals surface area contributed by atoms with Crippen molar-refractivity contribution in [3.63, 3.8) is 0 Å². The molecule has 1 saturated carbocycles. The third-order valence-corrected chi connectivity index (χ3v) is 5.17. The van der Waals surface area contributed by atoms with Gasteiger partial charge < -0.3 is 10.6 Å². The van der Waals surface area contributed by atoms with E-state index in [2.05, 4.69) is 10.6 Å². The van der Waals surface area contributed by atoms with Crippen LogP contribution >= 0.6 is 0 Å². The van der Waals surface area contributed by atoms with E-state index in [0.29, 0.717) is 18.5 Å². The van der Waals surface area contributed by atoms with Gasteiger partial charge in [-0.1, -0.05) is 51.3 Å². The quantitative estimate of drug-likeness (QED) is 0.838. The second-order valence-electron chi connectivity index (χ2n) is 7.16. The van der Waals surface area contributed by atoms with Crippen LogP contribution in [0.4, 0.5) is 5.69 Å². The number of Topliss-reactive ketones (excluding diaryl/α,β-unsaturated/α-hetero) is 1. The normalized spacial score (nSPS) is 22.7. The number of anilines is 1. The molecule has 24 heavy (non-hydrogen) atoms. The van der Waals surface area contributed by atoms with Gasteiger partial charge >= 0.3 is 0 Å². The molecule has 1 aliphatic carbocycles. The SMILES string of the molecule is CC(C)c1ccccc1NC(=O)C1C(=O)NC2(CCCCC2)C1=O. The van der Waals surface area contributed by atoms with Gasteiger partial charge in [-0.25, -0.2) is 0 Å². The standard InChI is InChI=1S/C19H24N2O3/c1-12(2)13-8-4-5-9-14(13)20-17(23)15-16(22)19(21-18(15)24)10-6-3-7-11-19/h4-5,8-9,12,15H,3,6-7,10-11H2,1-2H3,(H,20,23)(H,21,24). The highest BCUT2D eigenvalue weighted by atomic mass is 16.2. The van der Waals surface area contributed by atoms with Crippen molar-refractivity contribution < 1.29 is 14.4 Å². The Labute approximate surface area is 142 Å². The number of carbonyl (C=O) groups excluding carboxylic acids is 3. The minimum atomic E-state index is -1.23. The first-order chi connectivity index (χ1) is 11.4. The maximum Gasteiger partial charge on any atom is 0.244 e. The Balaban J connectivity index is 1.81. The van der Waals surface area contributed by atoms with E-state index in [1.807, 2.05) is 32.0 Å². The summed E-state index contributed by atoms with van der Waals surface area (Å²) in [5.41, 5.74) is 0.848. The van der Waals surface area contributed by atoms with Gasteiger partial charge in [-0.15, -0.1) is 0 Å². The predicted molar refractivity (Wildman–Crippen MR) is 91.6 cm³/mol. The number of benzene rings is 1. The number of ketones is 1. The van der Waals surface area contributed by atoms with Crippen molar-refractivity contribution in [1.82, 2.24) is 5.32 Å². The van der Waals surface area contributed by atoms with E-state index in [0.717, 1.165) is 24.8 Å². The number of hydrogen-bond donors (Lipinski definition) is 2. The van der Waals surface area contributed by atoms with E-state index in [-0.39, 0.29) is 11.7 Å². The van der Waals surface area contributed by atoms with Crippen molar-refractivity contribution in [2.75, 3.05) is 5.32 Å². The highest BCUT2D eigenvalue weighted by molar-refractivity contribution is 6.27. The first-order valence-corrected chi connectivity index (χ1v) is 8.71. The summed E-state index contributed by atoms with van der Waals surface area (Å²) in [5, 5.41) is 5.62. The van der Waals surface area contributed by atoms with Crippen LogP contribution in [-0.2, 0) is 14.4 Å². The molecule has 0 radical (unpaired) electrons. The second kappa shape index (κ2) is 6.38. The van der Waals surface area contributed by atoms with Gasteiger partial charge in [-0.2, -0.15) is 0 Å². The first-order valence-electron chi connectivity index (χ1n) is 8.71. The van der Waals surface area contributed by atoms with Crippen LogP contribution in [0.25, 0.3) is 0 Å². The van der Waals surface area contributed by atoms with Crippen LogP contribution in [0.15, 0.2) is 24.3 Å². The molecule has 1 aromatic carbocycles. The van der Waals surface area contributed by atoms with Gasteiger partial charge in [0.05, 0.1) is 5.54 Å². The molecule has 0 bridgehead atoms. The van der Waals surface area contributed by atoms with Crippen LogP contribution in [0.5, 0.6) is 0 Å². The van der Waals surface area contributed by atoms with Crippen LogP contribution in [0.2, 0.25) is 0 Å². The second-order valence-corrected chi connectivity index (χ2v) is 7.16. The van der Waals surface area contributed by atoms with Crippen LogP contribution in [-0.4, -0.2) is 23.1 Å². The lowest BCUT2D eigenvalue weighted by Crippen LogP contribution is -2.48. The third-order valence-electron chi connectivity index (χ3n) is 5.17. The molecule has 5 nitrogen and oxygen atoms in total. The van der Waals surface area contributed by atoms with Gasteiger partial charge in [0.15, 0.2) is 11.7 Å². The number of rotatable bonds is 3. The summed E-state index contributed by atoms with van der Waals surface area (Å²) in [4.78, 5) is 37.8. The average Bonchev–Trinajstić information content (AvgIpc) is 2.78. The van der Waals surface area contributed by atoms with Crippen molar-refractivity contribution in [3.8, 4) is 0 Å². The van der Waals surface area contributed by atoms with Crippen molar-refractivity contribution in [1.29, 1.82) is 0 Å². The highest BCUT2D eigenvalue weighted by Crippen LogP contribution is 2.36. The van der Waals surface area contributed by atoms with Gasteiger partial charge in [0.1, 0.15) is 0 Å². The van der Waals surface area contributed by atoms with Gasteiger partial charge in [0.25, 0.3) is 0 Å². The number of nitrogens with one attached hydrogen (secondary N) is 2. The Morgan fingerprint density at radius 3 is 2.50 bits per heavy atom. The molecule has 2 aliphatic rings. The third kappa shape index (κ3) is 2.83. The molecule has 2 N–H and O–H groups in total. The Kier molecular flexibility index (Phi) is 4.43. The lowest BCUT2D eigenvalue weighted by Gasteiger charge is -2.31. The first kappa shape index (κ1) is 16.7. The van der Waals surface area contributed by atoms with Crippen molar-refractivity contribution >= 4 is 23.3 Å². The Morgan fingerprint density at radius 1 is 1.17 bits per heavy atom. The van der Waals surface area contributed by atoms with Crippen molar-refractivity contribution in [2.45, 2.75) is 57.4 Å². The monoisotopic (exact) mass is 328 g/mol. The fourth-order valence-corrected chi connectivity index (χ4v) is 3.85. The lowest BCUT2D eigenvalue weighted by molar-refractivity contribution is -0.135. The number of carbonyl (C=O) groups is 3. The zero-order valence-corrected chi connectivity index (χ0v) is 14.2. The molecule has 2 amide bonds. The molecule has 1 heterocycles. The van der Waals surface area contributed by atoms with E-state index in [4.69, 9.17) is 0 Å². The summed E-state index contributed by atoms with van der Waals surface area (Å²) in [6.07, 6.45) is 4.18. The maximum atomic E-state index is 12.8. The van der Waals surface area contributed by atoms with Gasteiger partial charge in [0.2, 0.25) is 11.8 Å². The molecular formula is C19H24N2O3. The highest BCUT2D eigenvalue weighted by Gasteiger charge is 2.55. The zero-order valence-electron chi connectivity index (χ0n) is 14.2. The van der Waals surface area contributed by atoms with E-state index < -0.39 is 23.3 Å². The lowest BCUT2D eigenvalue weighted by atomic mass is 9.78. The van der Waals surface area contributed by atoms with Gasteiger partial charge in [-0.3, -0.25) is 14.4 Å². The smallest absolute Gasteiger partial charge is 0.244 e. The molecular weight excluding hydrogens is 304 g/mol. The fourth-order valence-electron chi connectivity index (χ4n) is 3.85. The van der Waals surface area contributed by atoms with Crippen LogP contribution in [0, 0.1) is 5.92 Å². The molecule has 2 fully saturated rings. The minimum absolute atomic E-state index is 0.235. The van der Waals surface area contributed by atoms with Crippen LogP contribution in [0.3, 0.4) is 0 Å². The largest absolute Gasteiger partial charge is 0.342 e. The summed E-state index contributed by atoms with van der Waals surface area (Å²) in [6, 6.07) is 7.50. The minimum Gasteiger partial charge on any atom is -0.342 e. The topological polar surface area (TPSA) is 75.3 Å². The molecule has 1 aliphatic heterocycles. The molecule has 1 spiro atoms. The van der Waals surface area contributed by atoms with E-state index in [1.165, 1.54) is 0 Å². The molecule has 3 rings (SSSR count). The van der Waals surface area contributed by atoms with Gasteiger partial charge in [0, 0.05) is 5.69 Å². The van der Waals surface area contributed by atoms with Crippen LogP contribution < -0.4 is 10.6 Å². The number of para-hydroxylation sites is 1. The fraction of sp³-hybridized carbons (Fsp3) is 0.526. The summed E-state index contributed by atoms with van der Waals surface area (Å²) in [5.74, 6) is -2.23. The number of hydrogen-bond acceptors (Lipinski definition) is 3. The number of amides is 2. The zero-order chi connectivity index (χ0) is 17.3. The van der Waals surface area contributed by atoms with E-state index in [9.17, 15) is 14.4 Å². The molecule has 0 aromatic heterocycles. The summed E-state index contributed by atoms with van der Waals surface area (Å²) in [6.45, 7) is 4.07. The van der Waals surface area contributed by atoms with E-state index >= 15 is 0 Å². The maximum absolute atomic E-state index is 12.8. The van der Waals surface area contributed by atoms with Crippen molar-refractivity contribution in [3.05, 3.63) is 29.8 Å². The summed E-state index contributed by atoms with van der Waals surface area (Å²) >= 11 is 0. The molecule has 128 valence electrons. The predicted octanol–water partition coefficient (Wildman–Crippen LogP) is 2.77. The summed E-state index contributed by atoms with van der Waals surface area (Å²) in [7, 11) is 0.